The molecular weight excluding hydrogens is 228 g/mol. The second-order valence-corrected chi connectivity index (χ2v) is 5.93. The molecule has 0 N–H and O–H groups in total. The second kappa shape index (κ2) is 5.29. The van der Waals surface area contributed by atoms with Gasteiger partial charge in [-0.3, -0.25) is 9.59 Å². The molecule has 0 aromatic rings. The van der Waals surface area contributed by atoms with Gasteiger partial charge in [-0.15, -0.1) is 0 Å². The van der Waals surface area contributed by atoms with Crippen molar-refractivity contribution in [3.63, 3.8) is 0 Å². The molecule has 2 saturated heterocycles. The molecular formula is C14H24N2O2. The molecule has 0 aromatic heterocycles. The molecule has 0 radical (unpaired) electrons. The molecule has 2 atom stereocenters. The summed E-state index contributed by atoms with van der Waals surface area (Å²) in [6.07, 6.45) is 3.92. The minimum Gasteiger partial charge on any atom is -0.329 e. The van der Waals surface area contributed by atoms with E-state index in [1.807, 2.05) is 6.92 Å². The number of carbonyl (C=O) groups excluding carboxylic acids is 2. The maximum Gasteiger partial charge on any atom is 0.246 e. The van der Waals surface area contributed by atoms with E-state index in [4.69, 9.17) is 0 Å². The maximum absolute atomic E-state index is 12.4. The number of carbonyl (C=O) groups is 2. The molecule has 4 heteroatoms. The van der Waals surface area contributed by atoms with E-state index >= 15 is 0 Å². The summed E-state index contributed by atoms with van der Waals surface area (Å²) in [6.45, 7) is 7.73. The van der Waals surface area contributed by atoms with Crippen molar-refractivity contribution < 1.29 is 9.59 Å². The zero-order valence-corrected chi connectivity index (χ0v) is 11.7. The third-order valence-corrected chi connectivity index (χ3v) is 4.11. The molecule has 2 fully saturated rings. The molecule has 4 nitrogen and oxygen atoms in total. The van der Waals surface area contributed by atoms with Crippen LogP contribution in [0, 0.1) is 5.92 Å². The summed E-state index contributed by atoms with van der Waals surface area (Å²) in [5, 5.41) is 0. The lowest BCUT2D eigenvalue weighted by Crippen LogP contribution is -2.61. The molecule has 0 saturated carbocycles. The van der Waals surface area contributed by atoms with Crippen LogP contribution in [0.15, 0.2) is 0 Å². The number of nitrogens with zero attached hydrogens (tertiary/aromatic N) is 2. The molecule has 2 unspecified atom stereocenters. The first-order valence-electron chi connectivity index (χ1n) is 7.13. The van der Waals surface area contributed by atoms with Gasteiger partial charge in [0.05, 0.1) is 0 Å². The Kier molecular flexibility index (Phi) is 3.93. The Bertz CT molecular complexity index is 341. The third-order valence-electron chi connectivity index (χ3n) is 4.11. The first-order chi connectivity index (χ1) is 8.52. The summed E-state index contributed by atoms with van der Waals surface area (Å²) < 4.78 is 0. The van der Waals surface area contributed by atoms with Crippen LogP contribution in [-0.4, -0.2) is 46.8 Å². The number of piperazine rings is 1. The fourth-order valence-corrected chi connectivity index (χ4v) is 3.02. The number of hydrogen-bond donors (Lipinski definition) is 0. The SMILES string of the molecule is CC(C)CCCN1C(=O)C2CCCN2C(=O)C1C. The molecule has 2 aliphatic rings. The largest absolute Gasteiger partial charge is 0.329 e. The van der Waals surface area contributed by atoms with Crippen LogP contribution in [0.5, 0.6) is 0 Å². The van der Waals surface area contributed by atoms with Crippen LogP contribution in [0.4, 0.5) is 0 Å². The number of fused-ring (bicyclic) bond motifs is 1. The molecule has 102 valence electrons. The Morgan fingerprint density at radius 3 is 2.67 bits per heavy atom. The Labute approximate surface area is 109 Å². The van der Waals surface area contributed by atoms with E-state index in [-0.39, 0.29) is 23.9 Å². The summed E-state index contributed by atoms with van der Waals surface area (Å²) in [5.41, 5.74) is 0. The lowest BCUT2D eigenvalue weighted by Gasteiger charge is -2.41. The van der Waals surface area contributed by atoms with E-state index in [0.717, 1.165) is 38.8 Å². The van der Waals surface area contributed by atoms with Gasteiger partial charge in [-0.1, -0.05) is 13.8 Å². The monoisotopic (exact) mass is 252 g/mol. The molecule has 0 bridgehead atoms. The maximum atomic E-state index is 12.4. The molecule has 0 aliphatic carbocycles. The zero-order valence-electron chi connectivity index (χ0n) is 11.7. The summed E-state index contributed by atoms with van der Waals surface area (Å²) in [5.74, 6) is 0.962. The van der Waals surface area contributed by atoms with E-state index in [2.05, 4.69) is 13.8 Å². The van der Waals surface area contributed by atoms with Crippen LogP contribution in [0.1, 0.15) is 46.5 Å². The Morgan fingerprint density at radius 2 is 2.00 bits per heavy atom. The minimum absolute atomic E-state index is 0.140. The van der Waals surface area contributed by atoms with Crippen molar-refractivity contribution in [3.05, 3.63) is 0 Å². The van der Waals surface area contributed by atoms with Gasteiger partial charge < -0.3 is 9.80 Å². The quantitative estimate of drug-likeness (QED) is 0.763. The van der Waals surface area contributed by atoms with E-state index in [0.29, 0.717) is 5.92 Å². The van der Waals surface area contributed by atoms with Crippen LogP contribution >= 0.6 is 0 Å². The van der Waals surface area contributed by atoms with Crippen molar-refractivity contribution >= 4 is 11.8 Å². The highest BCUT2D eigenvalue weighted by Crippen LogP contribution is 2.27. The molecule has 2 rings (SSSR count). The minimum atomic E-state index is -0.265. The van der Waals surface area contributed by atoms with Gasteiger partial charge >= 0.3 is 0 Å². The molecule has 2 amide bonds. The standard InChI is InChI=1S/C14H24N2O2/c1-10(2)6-4-8-15-11(3)13(17)16-9-5-7-12(16)14(15)18/h10-12H,4-9H2,1-3H3. The van der Waals surface area contributed by atoms with Gasteiger partial charge in [0.2, 0.25) is 11.8 Å². The van der Waals surface area contributed by atoms with Crippen LogP contribution in [0.25, 0.3) is 0 Å². The van der Waals surface area contributed by atoms with E-state index in [9.17, 15) is 9.59 Å². The summed E-state index contributed by atoms with van der Waals surface area (Å²) in [4.78, 5) is 28.1. The summed E-state index contributed by atoms with van der Waals surface area (Å²) in [7, 11) is 0. The summed E-state index contributed by atoms with van der Waals surface area (Å²) >= 11 is 0. The van der Waals surface area contributed by atoms with Gasteiger partial charge in [0.25, 0.3) is 0 Å². The molecule has 0 aromatic carbocycles. The molecule has 0 spiro atoms. The van der Waals surface area contributed by atoms with Crippen LogP contribution in [0.2, 0.25) is 0 Å². The van der Waals surface area contributed by atoms with E-state index in [1.165, 1.54) is 0 Å². The smallest absolute Gasteiger partial charge is 0.246 e. The lowest BCUT2D eigenvalue weighted by molar-refractivity contribution is -0.158. The van der Waals surface area contributed by atoms with Gasteiger partial charge in [-0.05, 0) is 38.5 Å². The van der Waals surface area contributed by atoms with Crippen LogP contribution in [0.3, 0.4) is 0 Å². The Balaban J connectivity index is 2.00. The Hall–Kier alpha value is -1.06. The fourth-order valence-electron chi connectivity index (χ4n) is 3.02. The highest BCUT2D eigenvalue weighted by atomic mass is 16.2. The Morgan fingerprint density at radius 1 is 1.28 bits per heavy atom. The second-order valence-electron chi connectivity index (χ2n) is 5.93. The molecule has 2 heterocycles. The van der Waals surface area contributed by atoms with Crippen molar-refractivity contribution in [2.24, 2.45) is 5.92 Å². The van der Waals surface area contributed by atoms with Crippen molar-refractivity contribution in [2.45, 2.75) is 58.5 Å². The number of amides is 2. The van der Waals surface area contributed by atoms with Crippen LogP contribution in [-0.2, 0) is 9.59 Å². The fraction of sp³-hybridized carbons (Fsp3) is 0.857. The predicted molar refractivity (Wildman–Crippen MR) is 70.0 cm³/mol. The van der Waals surface area contributed by atoms with Crippen molar-refractivity contribution in [1.29, 1.82) is 0 Å². The van der Waals surface area contributed by atoms with Crippen molar-refractivity contribution in [1.82, 2.24) is 9.80 Å². The van der Waals surface area contributed by atoms with Crippen LogP contribution < -0.4 is 0 Å². The van der Waals surface area contributed by atoms with Gasteiger partial charge in [0.1, 0.15) is 12.1 Å². The van der Waals surface area contributed by atoms with Gasteiger partial charge in [0.15, 0.2) is 0 Å². The zero-order chi connectivity index (χ0) is 13.3. The topological polar surface area (TPSA) is 40.6 Å². The first kappa shape index (κ1) is 13.4. The highest BCUT2D eigenvalue weighted by molar-refractivity contribution is 5.97. The third kappa shape index (κ3) is 2.38. The number of rotatable bonds is 4. The van der Waals surface area contributed by atoms with Gasteiger partial charge in [0, 0.05) is 13.1 Å². The van der Waals surface area contributed by atoms with E-state index < -0.39 is 0 Å². The van der Waals surface area contributed by atoms with Gasteiger partial charge in [-0.2, -0.15) is 0 Å². The first-order valence-corrected chi connectivity index (χ1v) is 7.13. The molecule has 2 aliphatic heterocycles. The summed E-state index contributed by atoms with van der Waals surface area (Å²) in [6, 6.07) is -0.424. The normalized spacial score (nSPS) is 28.2. The van der Waals surface area contributed by atoms with Crippen molar-refractivity contribution in [2.75, 3.05) is 13.1 Å². The predicted octanol–water partition coefficient (Wildman–Crippen LogP) is 1.64. The molecule has 18 heavy (non-hydrogen) atoms. The lowest BCUT2D eigenvalue weighted by atomic mass is 10.0. The van der Waals surface area contributed by atoms with E-state index in [1.54, 1.807) is 9.80 Å². The average Bonchev–Trinajstić information content (AvgIpc) is 2.79. The number of hydrogen-bond acceptors (Lipinski definition) is 2. The van der Waals surface area contributed by atoms with Crippen molar-refractivity contribution in [3.8, 4) is 0 Å². The highest BCUT2D eigenvalue weighted by Gasteiger charge is 2.45. The van der Waals surface area contributed by atoms with Gasteiger partial charge in [-0.25, -0.2) is 0 Å². The average molecular weight is 252 g/mol.